The molecule has 1 fully saturated rings. The van der Waals surface area contributed by atoms with Crippen molar-refractivity contribution in [3.63, 3.8) is 0 Å². The average molecular weight is 297 g/mol. The first-order valence-electron chi connectivity index (χ1n) is 7.56. The van der Waals surface area contributed by atoms with Crippen molar-refractivity contribution >= 4 is 5.52 Å². The first kappa shape index (κ1) is 13.5. The number of nitrogens with zero attached hydrogens (tertiary/aromatic N) is 4. The summed E-state index contributed by atoms with van der Waals surface area (Å²) in [6.07, 6.45) is 8.68. The highest BCUT2D eigenvalue weighted by Gasteiger charge is 2.32. The third kappa shape index (κ3) is 2.30. The van der Waals surface area contributed by atoms with Crippen LogP contribution in [0.3, 0.4) is 0 Å². The predicted octanol–water partition coefficient (Wildman–Crippen LogP) is 1.69. The Bertz CT molecular complexity index is 778. The van der Waals surface area contributed by atoms with Gasteiger partial charge in [-0.1, -0.05) is 6.07 Å². The van der Waals surface area contributed by atoms with Crippen LogP contribution in [0.1, 0.15) is 23.9 Å². The van der Waals surface area contributed by atoms with Crippen LogP contribution in [-0.2, 0) is 18.3 Å². The zero-order chi connectivity index (χ0) is 14.9. The number of fused-ring (bicyclic) bond motifs is 1. The van der Waals surface area contributed by atoms with E-state index < -0.39 is 0 Å². The standard InChI is InChI=1S/C16H19N5O/c1-20-8-6-17-16(20)15-13(5-9-22-15)18-10-12-11-19-21-7-3-2-4-14(12)21/h2-4,6-8,11,13,15,18H,5,9-10H2,1H3/t13-,15-/m0/s1. The van der Waals surface area contributed by atoms with Gasteiger partial charge >= 0.3 is 0 Å². The molecule has 4 heterocycles. The minimum absolute atomic E-state index is 0.0156. The molecule has 4 rings (SSSR count). The summed E-state index contributed by atoms with van der Waals surface area (Å²) in [5, 5.41) is 7.99. The third-order valence-corrected chi connectivity index (χ3v) is 4.27. The maximum Gasteiger partial charge on any atom is 0.139 e. The average Bonchev–Trinajstić information content (AvgIpc) is 3.24. The van der Waals surface area contributed by atoms with Gasteiger partial charge in [0.1, 0.15) is 11.9 Å². The fourth-order valence-electron chi connectivity index (χ4n) is 3.07. The number of pyridine rings is 1. The van der Waals surface area contributed by atoms with E-state index in [1.54, 1.807) is 0 Å². The lowest BCUT2D eigenvalue weighted by molar-refractivity contribution is 0.0893. The summed E-state index contributed by atoms with van der Waals surface area (Å²) in [4.78, 5) is 4.42. The Morgan fingerprint density at radius 3 is 3.18 bits per heavy atom. The van der Waals surface area contributed by atoms with Crippen LogP contribution in [0.2, 0.25) is 0 Å². The predicted molar refractivity (Wildman–Crippen MR) is 82.3 cm³/mol. The molecule has 6 nitrogen and oxygen atoms in total. The number of aromatic nitrogens is 4. The molecular weight excluding hydrogens is 278 g/mol. The largest absolute Gasteiger partial charge is 0.369 e. The van der Waals surface area contributed by atoms with Crippen LogP contribution < -0.4 is 5.32 Å². The van der Waals surface area contributed by atoms with Crippen LogP contribution in [0.4, 0.5) is 0 Å². The van der Waals surface area contributed by atoms with Crippen LogP contribution in [0, 0.1) is 0 Å². The summed E-state index contributed by atoms with van der Waals surface area (Å²) in [5.41, 5.74) is 2.34. The lowest BCUT2D eigenvalue weighted by Crippen LogP contribution is -2.32. The van der Waals surface area contributed by atoms with E-state index in [9.17, 15) is 0 Å². The minimum Gasteiger partial charge on any atom is -0.369 e. The summed E-state index contributed by atoms with van der Waals surface area (Å²) in [6, 6.07) is 6.39. The maximum atomic E-state index is 5.88. The topological polar surface area (TPSA) is 56.4 Å². The number of hydrogen-bond acceptors (Lipinski definition) is 4. The lowest BCUT2D eigenvalue weighted by Gasteiger charge is -2.19. The van der Waals surface area contributed by atoms with Crippen molar-refractivity contribution in [3.05, 3.63) is 54.4 Å². The molecular formula is C16H19N5O. The molecule has 1 N–H and O–H groups in total. The summed E-state index contributed by atoms with van der Waals surface area (Å²) < 4.78 is 9.81. The molecule has 0 unspecified atom stereocenters. The highest BCUT2D eigenvalue weighted by atomic mass is 16.5. The van der Waals surface area contributed by atoms with E-state index in [1.165, 1.54) is 5.56 Å². The van der Waals surface area contributed by atoms with Crippen molar-refractivity contribution in [1.29, 1.82) is 0 Å². The molecule has 3 aromatic heterocycles. The van der Waals surface area contributed by atoms with E-state index in [2.05, 4.69) is 21.5 Å². The summed E-state index contributed by atoms with van der Waals surface area (Å²) in [7, 11) is 2.01. The molecule has 22 heavy (non-hydrogen) atoms. The van der Waals surface area contributed by atoms with Gasteiger partial charge in [0.2, 0.25) is 0 Å². The second-order valence-electron chi connectivity index (χ2n) is 5.66. The van der Waals surface area contributed by atoms with Crippen LogP contribution in [0.5, 0.6) is 0 Å². The molecule has 2 atom stereocenters. The summed E-state index contributed by atoms with van der Waals surface area (Å²) in [5.74, 6) is 0.981. The van der Waals surface area contributed by atoms with Gasteiger partial charge in [-0.15, -0.1) is 0 Å². The first-order chi connectivity index (χ1) is 10.8. The smallest absolute Gasteiger partial charge is 0.139 e. The molecule has 0 bridgehead atoms. The van der Waals surface area contributed by atoms with E-state index in [-0.39, 0.29) is 12.1 Å². The Labute approximate surface area is 128 Å². The van der Waals surface area contributed by atoms with Crippen LogP contribution in [0.25, 0.3) is 5.52 Å². The second kappa shape index (κ2) is 5.55. The Balaban J connectivity index is 1.50. The Morgan fingerprint density at radius 2 is 2.32 bits per heavy atom. The molecule has 1 aliphatic heterocycles. The highest BCUT2D eigenvalue weighted by Crippen LogP contribution is 2.28. The summed E-state index contributed by atoms with van der Waals surface area (Å²) in [6.45, 7) is 1.55. The van der Waals surface area contributed by atoms with Crippen LogP contribution in [0.15, 0.2) is 43.0 Å². The first-order valence-corrected chi connectivity index (χ1v) is 7.56. The molecule has 1 saturated heterocycles. The van der Waals surface area contributed by atoms with Gasteiger partial charge in [-0.25, -0.2) is 9.50 Å². The van der Waals surface area contributed by atoms with E-state index >= 15 is 0 Å². The van der Waals surface area contributed by atoms with Crippen molar-refractivity contribution in [2.45, 2.75) is 25.1 Å². The van der Waals surface area contributed by atoms with Gasteiger partial charge in [0.05, 0.1) is 11.7 Å². The zero-order valence-corrected chi connectivity index (χ0v) is 12.5. The molecule has 1 aliphatic rings. The van der Waals surface area contributed by atoms with Gasteiger partial charge < -0.3 is 14.6 Å². The minimum atomic E-state index is 0.0156. The Morgan fingerprint density at radius 1 is 1.36 bits per heavy atom. The molecule has 114 valence electrons. The van der Waals surface area contributed by atoms with E-state index in [4.69, 9.17) is 4.74 Å². The van der Waals surface area contributed by atoms with Crippen molar-refractivity contribution in [3.8, 4) is 0 Å². The SMILES string of the molecule is Cn1ccnc1[C@H]1OCC[C@@H]1NCc1cnn2ccccc12. The normalized spacial score (nSPS) is 21.7. The van der Waals surface area contributed by atoms with E-state index in [0.717, 1.165) is 30.9 Å². The van der Waals surface area contributed by atoms with E-state index in [1.807, 2.05) is 53.1 Å². The van der Waals surface area contributed by atoms with Crippen molar-refractivity contribution in [2.75, 3.05) is 6.61 Å². The van der Waals surface area contributed by atoms with Crippen molar-refractivity contribution in [1.82, 2.24) is 24.5 Å². The number of hydrogen-bond donors (Lipinski definition) is 1. The number of nitrogens with one attached hydrogen (secondary N) is 1. The third-order valence-electron chi connectivity index (χ3n) is 4.27. The molecule has 3 aromatic rings. The van der Waals surface area contributed by atoms with Crippen LogP contribution >= 0.6 is 0 Å². The molecule has 6 heteroatoms. The monoisotopic (exact) mass is 297 g/mol. The Kier molecular flexibility index (Phi) is 3.40. The van der Waals surface area contributed by atoms with Crippen molar-refractivity contribution < 1.29 is 4.74 Å². The fraction of sp³-hybridized carbons (Fsp3) is 0.375. The molecule has 0 radical (unpaired) electrons. The maximum absolute atomic E-state index is 5.88. The summed E-state index contributed by atoms with van der Waals surface area (Å²) >= 11 is 0. The molecule has 0 aliphatic carbocycles. The van der Waals surface area contributed by atoms with Gasteiger partial charge in [0, 0.05) is 50.4 Å². The van der Waals surface area contributed by atoms with Gasteiger partial charge in [-0.2, -0.15) is 5.10 Å². The van der Waals surface area contributed by atoms with Crippen molar-refractivity contribution in [2.24, 2.45) is 7.05 Å². The van der Waals surface area contributed by atoms with Gasteiger partial charge in [-0.05, 0) is 18.6 Å². The number of ether oxygens (including phenoxy) is 1. The van der Waals surface area contributed by atoms with E-state index in [0.29, 0.717) is 0 Å². The number of rotatable bonds is 4. The molecule has 0 spiro atoms. The fourth-order valence-corrected chi connectivity index (χ4v) is 3.07. The molecule has 0 saturated carbocycles. The van der Waals surface area contributed by atoms with Gasteiger partial charge in [0.15, 0.2) is 0 Å². The molecule has 0 amide bonds. The second-order valence-corrected chi connectivity index (χ2v) is 5.66. The quantitative estimate of drug-likeness (QED) is 0.796. The zero-order valence-electron chi connectivity index (χ0n) is 12.5. The Hall–Kier alpha value is -2.18. The number of imidazole rings is 1. The van der Waals surface area contributed by atoms with Gasteiger partial charge in [-0.3, -0.25) is 0 Å². The number of aryl methyl sites for hydroxylation is 1. The van der Waals surface area contributed by atoms with Crippen LogP contribution in [-0.4, -0.2) is 31.8 Å². The van der Waals surface area contributed by atoms with Gasteiger partial charge in [0.25, 0.3) is 0 Å². The highest BCUT2D eigenvalue weighted by molar-refractivity contribution is 5.53. The molecule has 0 aromatic carbocycles. The lowest BCUT2D eigenvalue weighted by atomic mass is 10.1.